The molecule has 3 heterocycles. The first kappa shape index (κ1) is 22.3. The fourth-order valence-electron chi connectivity index (χ4n) is 4.80. The van der Waals surface area contributed by atoms with E-state index in [0.717, 1.165) is 36.9 Å². The van der Waals surface area contributed by atoms with E-state index in [1.165, 1.54) is 12.1 Å². The summed E-state index contributed by atoms with van der Waals surface area (Å²) >= 11 is 0. The van der Waals surface area contributed by atoms with Gasteiger partial charge in [0.15, 0.2) is 11.5 Å². The van der Waals surface area contributed by atoms with E-state index in [0.29, 0.717) is 43.5 Å². The van der Waals surface area contributed by atoms with E-state index in [-0.39, 0.29) is 18.4 Å². The van der Waals surface area contributed by atoms with Crippen molar-refractivity contribution in [2.75, 3.05) is 38.0 Å². The molecule has 0 spiro atoms. The van der Waals surface area contributed by atoms with Crippen LogP contribution in [0.3, 0.4) is 0 Å². The molecule has 2 amide bonds. The third-order valence-corrected chi connectivity index (χ3v) is 6.56. The molecule has 1 aromatic carbocycles. The minimum Gasteiger partial charge on any atom is -0.360 e. The number of nitrogens with one attached hydrogen (secondary N) is 1. The largest absolute Gasteiger partial charge is 0.360 e. The number of aryl methyl sites for hydroxylation is 1. The maximum atomic E-state index is 13.5. The van der Waals surface area contributed by atoms with Crippen LogP contribution >= 0.6 is 0 Å². The number of hydrogen-bond acceptors (Lipinski definition) is 6. The van der Waals surface area contributed by atoms with Gasteiger partial charge in [0.25, 0.3) is 5.91 Å². The molecule has 1 aliphatic heterocycles. The Morgan fingerprint density at radius 2 is 1.79 bits per heavy atom. The van der Waals surface area contributed by atoms with Crippen molar-refractivity contribution in [2.45, 2.75) is 39.0 Å². The van der Waals surface area contributed by atoms with Gasteiger partial charge in [-0.1, -0.05) is 29.8 Å². The third kappa shape index (κ3) is 4.75. The summed E-state index contributed by atoms with van der Waals surface area (Å²) in [5, 5.41) is 11.4. The van der Waals surface area contributed by atoms with Gasteiger partial charge in [-0.05, 0) is 44.7 Å². The zero-order valence-corrected chi connectivity index (χ0v) is 19.5. The topological polar surface area (TPSA) is 96.5 Å². The zero-order chi connectivity index (χ0) is 23.5. The van der Waals surface area contributed by atoms with Crippen LogP contribution in [0.4, 0.5) is 5.82 Å². The van der Waals surface area contributed by atoms with Crippen LogP contribution in [0.15, 0.2) is 40.9 Å². The Morgan fingerprint density at radius 3 is 2.53 bits per heavy atom. The normalized spacial score (nSPS) is 16.7. The molecule has 2 aliphatic rings. The number of aromatic nitrogens is 3. The predicted octanol–water partition coefficient (Wildman–Crippen LogP) is 2.83. The Balaban J connectivity index is 1.26. The first-order valence-electron chi connectivity index (χ1n) is 12.0. The van der Waals surface area contributed by atoms with Crippen molar-refractivity contribution < 1.29 is 14.1 Å². The molecule has 1 saturated heterocycles. The molecular formula is C25H30N6O3. The molecule has 2 aromatic heterocycles. The molecule has 9 nitrogen and oxygen atoms in total. The number of fused-ring (bicyclic) bond motifs is 1. The summed E-state index contributed by atoms with van der Waals surface area (Å²) in [5.74, 6) is 0.927. The van der Waals surface area contributed by atoms with Crippen LogP contribution in [0, 0.1) is 6.92 Å². The highest BCUT2D eigenvalue weighted by Gasteiger charge is 2.30. The van der Waals surface area contributed by atoms with Gasteiger partial charge in [-0.2, -0.15) is 5.10 Å². The van der Waals surface area contributed by atoms with Crippen molar-refractivity contribution in [1.29, 1.82) is 0 Å². The number of para-hydroxylation sites is 1. The van der Waals surface area contributed by atoms with E-state index in [9.17, 15) is 9.59 Å². The average Bonchev–Trinajstić information content (AvgIpc) is 3.33. The molecule has 1 N–H and O–H groups in total. The molecule has 0 atom stereocenters. The Labute approximate surface area is 198 Å². The summed E-state index contributed by atoms with van der Waals surface area (Å²) < 4.78 is 6.96. The van der Waals surface area contributed by atoms with E-state index >= 15 is 0 Å². The summed E-state index contributed by atoms with van der Waals surface area (Å²) in [7, 11) is 0. The Hall–Kier alpha value is -3.46. The number of rotatable bonds is 5. The van der Waals surface area contributed by atoms with Gasteiger partial charge in [-0.3, -0.25) is 14.5 Å². The van der Waals surface area contributed by atoms with E-state index < -0.39 is 0 Å². The average molecular weight is 463 g/mol. The molecule has 0 bridgehead atoms. The molecule has 1 fully saturated rings. The first-order valence-corrected chi connectivity index (χ1v) is 12.0. The van der Waals surface area contributed by atoms with Gasteiger partial charge in [0.1, 0.15) is 5.76 Å². The molecule has 1 aliphatic carbocycles. The molecule has 9 heteroatoms. The lowest BCUT2D eigenvalue weighted by atomic mass is 10.1. The highest BCUT2D eigenvalue weighted by molar-refractivity contribution is 5.94. The molecule has 3 aromatic rings. The van der Waals surface area contributed by atoms with Crippen molar-refractivity contribution >= 4 is 17.6 Å². The minimum atomic E-state index is -0.139. The summed E-state index contributed by atoms with van der Waals surface area (Å²) in [5.41, 5.74) is 3.87. The highest BCUT2D eigenvalue weighted by atomic mass is 16.5. The second-order valence-electron chi connectivity index (χ2n) is 9.02. The van der Waals surface area contributed by atoms with Gasteiger partial charge in [-0.25, -0.2) is 4.68 Å². The molecular weight excluding hydrogens is 432 g/mol. The third-order valence-electron chi connectivity index (χ3n) is 6.56. The minimum absolute atomic E-state index is 0.00463. The lowest BCUT2D eigenvalue weighted by Crippen LogP contribution is -2.50. The predicted molar refractivity (Wildman–Crippen MR) is 127 cm³/mol. The van der Waals surface area contributed by atoms with Gasteiger partial charge in [0.2, 0.25) is 5.91 Å². The second-order valence-corrected chi connectivity index (χ2v) is 9.02. The van der Waals surface area contributed by atoms with Gasteiger partial charge in [0.05, 0.1) is 12.2 Å². The van der Waals surface area contributed by atoms with Crippen LogP contribution < -0.4 is 5.32 Å². The molecule has 5 rings (SSSR count). The van der Waals surface area contributed by atoms with E-state index in [4.69, 9.17) is 9.62 Å². The fraction of sp³-hybridized carbons (Fsp3) is 0.440. The number of carbonyl (C=O) groups excluding carboxylic acids is 2. The Morgan fingerprint density at radius 1 is 1.03 bits per heavy atom. The van der Waals surface area contributed by atoms with Crippen LogP contribution in [0.5, 0.6) is 0 Å². The number of piperazine rings is 1. The summed E-state index contributed by atoms with van der Waals surface area (Å²) in [4.78, 5) is 29.8. The van der Waals surface area contributed by atoms with Crippen molar-refractivity contribution in [3.63, 3.8) is 0 Å². The Bertz CT molecular complexity index is 1160. The SMILES string of the molecule is Cc1cc(NC(=O)CN2CCN(C(=O)c3nn(-c4ccccc4)c4c3CCCCC4)CC2)no1. The van der Waals surface area contributed by atoms with Gasteiger partial charge in [-0.15, -0.1) is 0 Å². The molecule has 34 heavy (non-hydrogen) atoms. The van der Waals surface area contributed by atoms with Gasteiger partial charge in [0, 0.05) is 43.5 Å². The number of nitrogens with zero attached hydrogens (tertiary/aromatic N) is 5. The standard InChI is InChI=1S/C25H30N6O3/c1-18-16-22(28-34-18)26-23(32)17-29-12-14-30(15-13-29)25(33)24-20-10-6-3-7-11-21(20)31(27-24)19-8-4-2-5-9-19/h2,4-5,8-9,16H,3,6-7,10-15,17H2,1H3,(H,26,28,32). The van der Waals surface area contributed by atoms with Crippen LogP contribution in [0.2, 0.25) is 0 Å². The summed E-state index contributed by atoms with van der Waals surface area (Å²) in [6.45, 7) is 4.45. The molecule has 0 unspecified atom stereocenters. The second kappa shape index (κ2) is 9.80. The lowest BCUT2D eigenvalue weighted by molar-refractivity contribution is -0.117. The summed E-state index contributed by atoms with van der Waals surface area (Å²) in [6.07, 6.45) is 5.21. The molecule has 0 radical (unpaired) electrons. The zero-order valence-electron chi connectivity index (χ0n) is 19.5. The van der Waals surface area contributed by atoms with Gasteiger partial charge < -0.3 is 14.7 Å². The molecule has 178 valence electrons. The van der Waals surface area contributed by atoms with Crippen LogP contribution in [-0.2, 0) is 17.6 Å². The smallest absolute Gasteiger partial charge is 0.274 e. The maximum absolute atomic E-state index is 13.5. The van der Waals surface area contributed by atoms with Crippen molar-refractivity contribution in [3.8, 4) is 5.69 Å². The Kier molecular flexibility index (Phi) is 6.44. The van der Waals surface area contributed by atoms with Crippen molar-refractivity contribution in [1.82, 2.24) is 24.7 Å². The monoisotopic (exact) mass is 462 g/mol. The first-order chi connectivity index (χ1) is 16.6. The van der Waals surface area contributed by atoms with Crippen molar-refractivity contribution in [3.05, 3.63) is 59.1 Å². The maximum Gasteiger partial charge on any atom is 0.274 e. The van der Waals surface area contributed by atoms with Crippen LogP contribution in [0.1, 0.15) is 46.8 Å². The number of carbonyl (C=O) groups is 2. The van der Waals surface area contributed by atoms with E-state index in [1.54, 1.807) is 13.0 Å². The van der Waals surface area contributed by atoms with E-state index in [2.05, 4.69) is 15.4 Å². The lowest BCUT2D eigenvalue weighted by Gasteiger charge is -2.34. The van der Waals surface area contributed by atoms with E-state index in [1.807, 2.05) is 39.9 Å². The quantitative estimate of drug-likeness (QED) is 0.586. The van der Waals surface area contributed by atoms with Crippen molar-refractivity contribution in [2.24, 2.45) is 0 Å². The number of hydrogen-bond donors (Lipinski definition) is 1. The fourth-order valence-corrected chi connectivity index (χ4v) is 4.80. The number of amides is 2. The number of anilines is 1. The van der Waals surface area contributed by atoms with Gasteiger partial charge >= 0.3 is 0 Å². The van der Waals surface area contributed by atoms with Crippen LogP contribution in [-0.4, -0.2) is 69.3 Å². The number of benzene rings is 1. The highest BCUT2D eigenvalue weighted by Crippen LogP contribution is 2.27. The molecule has 0 saturated carbocycles. The van der Waals surface area contributed by atoms with Crippen LogP contribution in [0.25, 0.3) is 5.69 Å². The summed E-state index contributed by atoms with van der Waals surface area (Å²) in [6, 6.07) is 11.8.